The summed E-state index contributed by atoms with van der Waals surface area (Å²) >= 11 is 3.49. The molecule has 3 rings (SSSR count). The van der Waals surface area contributed by atoms with E-state index >= 15 is 0 Å². The molecule has 1 aromatic rings. The predicted octanol–water partition coefficient (Wildman–Crippen LogP) is 3.34. The summed E-state index contributed by atoms with van der Waals surface area (Å²) in [7, 11) is 0. The van der Waals surface area contributed by atoms with Gasteiger partial charge in [-0.05, 0) is 56.2 Å². The molecule has 2 fully saturated rings. The highest BCUT2D eigenvalue weighted by molar-refractivity contribution is 9.10. The molecular formula is C17H24BrClN2O. The molecule has 0 radical (unpaired) electrons. The van der Waals surface area contributed by atoms with Crippen molar-refractivity contribution in [2.75, 3.05) is 13.1 Å². The van der Waals surface area contributed by atoms with Crippen molar-refractivity contribution in [3.63, 3.8) is 0 Å². The molecule has 1 aliphatic heterocycles. The van der Waals surface area contributed by atoms with Crippen LogP contribution in [0.2, 0.25) is 0 Å². The van der Waals surface area contributed by atoms with Crippen LogP contribution in [-0.2, 0) is 10.2 Å². The number of benzene rings is 1. The van der Waals surface area contributed by atoms with E-state index in [9.17, 15) is 4.79 Å². The van der Waals surface area contributed by atoms with E-state index in [1.54, 1.807) is 0 Å². The molecule has 5 heteroatoms. The molecule has 1 heterocycles. The molecular weight excluding hydrogens is 364 g/mol. The Bertz CT molecular complexity index is 563. The first-order chi connectivity index (χ1) is 9.89. The highest BCUT2D eigenvalue weighted by Crippen LogP contribution is 2.39. The normalized spacial score (nSPS) is 27.5. The number of hydrogen-bond acceptors (Lipinski definition) is 2. The zero-order valence-electron chi connectivity index (χ0n) is 13.1. The van der Waals surface area contributed by atoms with Crippen molar-refractivity contribution >= 4 is 34.2 Å². The standard InChI is InChI=1S/C17H23BrN2O.ClH/c1-17(2,12-4-3-5-13(18)8-12)16(21)20-9-11-6-7-15(19)14(11)10-20;/h3-5,8,11,14-15H,6-7,9-10,19H2,1-2H3;1H. The zero-order valence-corrected chi connectivity index (χ0v) is 15.5. The Balaban J connectivity index is 0.00000176. The van der Waals surface area contributed by atoms with E-state index in [-0.39, 0.29) is 24.4 Å². The van der Waals surface area contributed by atoms with E-state index in [0.29, 0.717) is 11.8 Å². The smallest absolute Gasteiger partial charge is 0.232 e. The van der Waals surface area contributed by atoms with E-state index in [2.05, 4.69) is 15.9 Å². The van der Waals surface area contributed by atoms with Crippen LogP contribution in [0.3, 0.4) is 0 Å². The maximum Gasteiger partial charge on any atom is 0.232 e. The van der Waals surface area contributed by atoms with Gasteiger partial charge in [0.1, 0.15) is 0 Å². The highest BCUT2D eigenvalue weighted by Gasteiger charge is 2.45. The Morgan fingerprint density at radius 1 is 1.32 bits per heavy atom. The first-order valence-electron chi connectivity index (χ1n) is 7.70. The highest BCUT2D eigenvalue weighted by atomic mass is 79.9. The van der Waals surface area contributed by atoms with Gasteiger partial charge in [-0.3, -0.25) is 4.79 Å². The SMILES string of the molecule is CC(C)(C(=O)N1CC2CCC(N)C2C1)c1cccc(Br)c1.Cl. The van der Waals surface area contributed by atoms with Crippen LogP contribution in [0.4, 0.5) is 0 Å². The van der Waals surface area contributed by atoms with Crippen LogP contribution in [0.1, 0.15) is 32.3 Å². The molecule has 0 bridgehead atoms. The number of rotatable bonds is 2. The Labute approximate surface area is 147 Å². The number of nitrogens with zero attached hydrogens (tertiary/aromatic N) is 1. The molecule has 2 aliphatic rings. The molecule has 1 aliphatic carbocycles. The van der Waals surface area contributed by atoms with Gasteiger partial charge in [-0.2, -0.15) is 0 Å². The average Bonchev–Trinajstić information content (AvgIpc) is 3.00. The van der Waals surface area contributed by atoms with Gasteiger partial charge in [0, 0.05) is 23.6 Å². The molecule has 3 unspecified atom stereocenters. The second kappa shape index (κ2) is 6.50. The quantitative estimate of drug-likeness (QED) is 0.846. The summed E-state index contributed by atoms with van der Waals surface area (Å²) in [6.07, 6.45) is 2.29. The van der Waals surface area contributed by atoms with Gasteiger partial charge in [0.2, 0.25) is 5.91 Å². The number of carbonyl (C=O) groups is 1. The van der Waals surface area contributed by atoms with Crippen LogP contribution in [-0.4, -0.2) is 29.9 Å². The molecule has 1 saturated carbocycles. The van der Waals surface area contributed by atoms with Crippen LogP contribution in [0.5, 0.6) is 0 Å². The van der Waals surface area contributed by atoms with Crippen LogP contribution in [0, 0.1) is 11.8 Å². The van der Waals surface area contributed by atoms with Crippen molar-refractivity contribution in [2.45, 2.75) is 38.1 Å². The molecule has 0 spiro atoms. The monoisotopic (exact) mass is 386 g/mol. The molecule has 1 aromatic carbocycles. The Morgan fingerprint density at radius 3 is 2.68 bits per heavy atom. The number of hydrogen-bond donors (Lipinski definition) is 1. The first kappa shape index (κ1) is 17.8. The summed E-state index contributed by atoms with van der Waals surface area (Å²) in [5.41, 5.74) is 6.74. The van der Waals surface area contributed by atoms with Gasteiger partial charge in [-0.25, -0.2) is 0 Å². The van der Waals surface area contributed by atoms with Gasteiger partial charge >= 0.3 is 0 Å². The topological polar surface area (TPSA) is 46.3 Å². The van der Waals surface area contributed by atoms with E-state index < -0.39 is 5.41 Å². The van der Waals surface area contributed by atoms with E-state index in [0.717, 1.165) is 29.5 Å². The van der Waals surface area contributed by atoms with Crippen LogP contribution < -0.4 is 5.73 Å². The van der Waals surface area contributed by atoms with Crippen molar-refractivity contribution in [1.82, 2.24) is 4.90 Å². The van der Waals surface area contributed by atoms with E-state index in [1.165, 1.54) is 6.42 Å². The number of likely N-dealkylation sites (tertiary alicyclic amines) is 1. The first-order valence-corrected chi connectivity index (χ1v) is 8.50. The molecule has 3 atom stereocenters. The van der Waals surface area contributed by atoms with Gasteiger partial charge < -0.3 is 10.6 Å². The van der Waals surface area contributed by atoms with E-state index in [1.807, 2.05) is 43.0 Å². The van der Waals surface area contributed by atoms with Crippen LogP contribution >= 0.6 is 28.3 Å². The van der Waals surface area contributed by atoms with Gasteiger partial charge in [0.15, 0.2) is 0 Å². The lowest BCUT2D eigenvalue weighted by molar-refractivity contribution is -0.135. The van der Waals surface area contributed by atoms with Crippen LogP contribution in [0.15, 0.2) is 28.7 Å². The number of fused-ring (bicyclic) bond motifs is 1. The third kappa shape index (κ3) is 3.06. The second-order valence-corrected chi connectivity index (χ2v) is 7.93. The average molecular weight is 388 g/mol. The largest absolute Gasteiger partial charge is 0.341 e. The fraction of sp³-hybridized carbons (Fsp3) is 0.588. The van der Waals surface area contributed by atoms with Gasteiger partial charge in [-0.15, -0.1) is 12.4 Å². The fourth-order valence-electron chi connectivity index (χ4n) is 3.87. The predicted molar refractivity (Wildman–Crippen MR) is 95.2 cm³/mol. The minimum atomic E-state index is -0.494. The molecule has 1 amide bonds. The van der Waals surface area contributed by atoms with Gasteiger partial charge in [-0.1, -0.05) is 28.1 Å². The molecule has 1 saturated heterocycles. The van der Waals surface area contributed by atoms with Gasteiger partial charge in [0.05, 0.1) is 5.41 Å². The number of nitrogens with two attached hydrogens (primary N) is 1. The van der Waals surface area contributed by atoms with Gasteiger partial charge in [0.25, 0.3) is 0 Å². The Morgan fingerprint density at radius 2 is 2.05 bits per heavy atom. The fourth-order valence-corrected chi connectivity index (χ4v) is 4.27. The summed E-state index contributed by atoms with van der Waals surface area (Å²) in [6.45, 7) is 5.76. The second-order valence-electron chi connectivity index (χ2n) is 7.01. The summed E-state index contributed by atoms with van der Waals surface area (Å²) in [5, 5.41) is 0. The summed E-state index contributed by atoms with van der Waals surface area (Å²) < 4.78 is 1.01. The lowest BCUT2D eigenvalue weighted by atomic mass is 9.83. The lowest BCUT2D eigenvalue weighted by Crippen LogP contribution is -2.43. The van der Waals surface area contributed by atoms with E-state index in [4.69, 9.17) is 5.73 Å². The minimum absolute atomic E-state index is 0. The summed E-state index contributed by atoms with van der Waals surface area (Å²) in [4.78, 5) is 15.0. The third-order valence-electron chi connectivity index (χ3n) is 5.28. The van der Waals surface area contributed by atoms with Crippen LogP contribution in [0.25, 0.3) is 0 Å². The van der Waals surface area contributed by atoms with Crippen molar-refractivity contribution in [1.29, 1.82) is 0 Å². The molecule has 0 aromatic heterocycles. The molecule has 3 nitrogen and oxygen atoms in total. The third-order valence-corrected chi connectivity index (χ3v) is 5.77. The van der Waals surface area contributed by atoms with Crippen molar-refractivity contribution in [3.8, 4) is 0 Å². The molecule has 122 valence electrons. The summed E-state index contributed by atoms with van der Waals surface area (Å²) in [5.74, 6) is 1.34. The Kier molecular flexibility index (Phi) is 5.25. The van der Waals surface area contributed by atoms with Crippen molar-refractivity contribution in [2.24, 2.45) is 17.6 Å². The Hall–Kier alpha value is -0.580. The maximum absolute atomic E-state index is 13.0. The zero-order chi connectivity index (χ0) is 15.2. The number of halogens is 2. The minimum Gasteiger partial charge on any atom is -0.341 e. The maximum atomic E-state index is 13.0. The lowest BCUT2D eigenvalue weighted by Gasteiger charge is -2.30. The molecule has 2 N–H and O–H groups in total. The molecule has 22 heavy (non-hydrogen) atoms. The summed E-state index contributed by atoms with van der Waals surface area (Å²) in [6, 6.07) is 8.33. The van der Waals surface area contributed by atoms with Crippen molar-refractivity contribution in [3.05, 3.63) is 34.3 Å². The number of carbonyl (C=O) groups excluding carboxylic acids is 1. The van der Waals surface area contributed by atoms with Crippen molar-refractivity contribution < 1.29 is 4.79 Å². The number of amides is 1.